The van der Waals surface area contributed by atoms with Gasteiger partial charge in [-0.05, 0) is 30.2 Å². The molecule has 0 spiro atoms. The lowest BCUT2D eigenvalue weighted by atomic mass is 10.0. The number of hydrogen-bond donors (Lipinski definition) is 1. The summed E-state index contributed by atoms with van der Waals surface area (Å²) in [4.78, 5) is 11.1. The Labute approximate surface area is 113 Å². The molecular formula is C16H17NO2. The van der Waals surface area contributed by atoms with Crippen molar-refractivity contribution in [2.24, 2.45) is 5.73 Å². The number of nitrogens with two attached hydrogens (primary N) is 1. The Kier molecular flexibility index (Phi) is 4.18. The van der Waals surface area contributed by atoms with Crippen LogP contribution in [0.25, 0.3) is 0 Å². The maximum absolute atomic E-state index is 11.1. The van der Waals surface area contributed by atoms with E-state index in [2.05, 4.69) is 0 Å². The second-order valence-corrected chi connectivity index (χ2v) is 4.47. The van der Waals surface area contributed by atoms with Gasteiger partial charge in [-0.1, -0.05) is 42.5 Å². The van der Waals surface area contributed by atoms with Crippen molar-refractivity contribution >= 4 is 5.91 Å². The SMILES string of the molecule is CC(C(N)=O)c1ccc(OCc2ccccc2)cc1. The summed E-state index contributed by atoms with van der Waals surface area (Å²) < 4.78 is 5.67. The van der Waals surface area contributed by atoms with Crippen LogP contribution in [-0.4, -0.2) is 5.91 Å². The zero-order valence-corrected chi connectivity index (χ0v) is 10.9. The van der Waals surface area contributed by atoms with E-state index in [1.54, 1.807) is 6.92 Å². The first kappa shape index (κ1) is 13.1. The molecule has 0 saturated carbocycles. The third kappa shape index (κ3) is 3.58. The Balaban J connectivity index is 1.97. The molecule has 0 aliphatic heterocycles. The van der Waals surface area contributed by atoms with Crippen LogP contribution in [-0.2, 0) is 11.4 Å². The van der Waals surface area contributed by atoms with Gasteiger partial charge in [-0.3, -0.25) is 4.79 Å². The molecule has 0 saturated heterocycles. The normalized spacial score (nSPS) is 11.8. The molecule has 98 valence electrons. The van der Waals surface area contributed by atoms with Crippen molar-refractivity contribution < 1.29 is 9.53 Å². The fourth-order valence-corrected chi connectivity index (χ4v) is 1.76. The van der Waals surface area contributed by atoms with Gasteiger partial charge in [-0.25, -0.2) is 0 Å². The summed E-state index contributed by atoms with van der Waals surface area (Å²) in [5, 5.41) is 0. The zero-order chi connectivity index (χ0) is 13.7. The molecule has 0 bridgehead atoms. The number of carbonyl (C=O) groups excluding carboxylic acids is 1. The molecule has 0 aromatic heterocycles. The Hall–Kier alpha value is -2.29. The molecule has 2 aromatic rings. The third-order valence-corrected chi connectivity index (χ3v) is 3.06. The van der Waals surface area contributed by atoms with E-state index in [4.69, 9.17) is 10.5 Å². The van der Waals surface area contributed by atoms with Crippen LogP contribution in [0.4, 0.5) is 0 Å². The number of amides is 1. The Morgan fingerprint density at radius 2 is 1.74 bits per heavy atom. The minimum absolute atomic E-state index is 0.275. The molecule has 2 aromatic carbocycles. The summed E-state index contributed by atoms with van der Waals surface area (Å²) in [6.45, 7) is 2.33. The van der Waals surface area contributed by atoms with Crippen LogP contribution in [0.15, 0.2) is 54.6 Å². The lowest BCUT2D eigenvalue weighted by Gasteiger charge is -2.10. The number of carbonyl (C=O) groups is 1. The molecule has 0 aliphatic carbocycles. The predicted octanol–water partition coefficient (Wildman–Crippen LogP) is 2.85. The van der Waals surface area contributed by atoms with Crippen LogP contribution in [0.3, 0.4) is 0 Å². The number of hydrogen-bond acceptors (Lipinski definition) is 2. The van der Waals surface area contributed by atoms with Crippen molar-refractivity contribution in [3.05, 3.63) is 65.7 Å². The van der Waals surface area contributed by atoms with Crippen molar-refractivity contribution in [2.45, 2.75) is 19.4 Å². The van der Waals surface area contributed by atoms with Gasteiger partial charge in [0.2, 0.25) is 5.91 Å². The van der Waals surface area contributed by atoms with Crippen LogP contribution in [0, 0.1) is 0 Å². The molecule has 1 unspecified atom stereocenters. The number of rotatable bonds is 5. The molecule has 2 N–H and O–H groups in total. The van der Waals surface area contributed by atoms with Gasteiger partial charge in [0, 0.05) is 0 Å². The summed E-state index contributed by atoms with van der Waals surface area (Å²) in [5.41, 5.74) is 7.30. The molecular weight excluding hydrogens is 238 g/mol. The van der Waals surface area contributed by atoms with Crippen molar-refractivity contribution in [2.75, 3.05) is 0 Å². The molecule has 19 heavy (non-hydrogen) atoms. The second kappa shape index (κ2) is 6.05. The molecule has 1 amide bonds. The lowest BCUT2D eigenvalue weighted by molar-refractivity contribution is -0.119. The van der Waals surface area contributed by atoms with Crippen LogP contribution in [0.2, 0.25) is 0 Å². The van der Waals surface area contributed by atoms with Gasteiger partial charge in [0.05, 0.1) is 5.92 Å². The minimum atomic E-state index is -0.321. The van der Waals surface area contributed by atoms with E-state index < -0.39 is 0 Å². The van der Waals surface area contributed by atoms with Gasteiger partial charge in [0.15, 0.2) is 0 Å². The third-order valence-electron chi connectivity index (χ3n) is 3.06. The highest BCUT2D eigenvalue weighted by molar-refractivity contribution is 5.81. The first-order chi connectivity index (χ1) is 9.16. The van der Waals surface area contributed by atoms with Gasteiger partial charge in [-0.2, -0.15) is 0 Å². The summed E-state index contributed by atoms with van der Waals surface area (Å²) in [6, 6.07) is 17.4. The number of primary amides is 1. The first-order valence-electron chi connectivity index (χ1n) is 6.23. The van der Waals surface area contributed by atoms with Crippen molar-refractivity contribution in [3.8, 4) is 5.75 Å². The van der Waals surface area contributed by atoms with Gasteiger partial charge in [0.25, 0.3) is 0 Å². The van der Waals surface area contributed by atoms with Crippen LogP contribution >= 0.6 is 0 Å². The maximum Gasteiger partial charge on any atom is 0.224 e. The highest BCUT2D eigenvalue weighted by Crippen LogP contribution is 2.19. The maximum atomic E-state index is 11.1. The monoisotopic (exact) mass is 255 g/mol. The number of benzene rings is 2. The largest absolute Gasteiger partial charge is 0.489 e. The highest BCUT2D eigenvalue weighted by atomic mass is 16.5. The quantitative estimate of drug-likeness (QED) is 0.893. The van der Waals surface area contributed by atoms with Crippen LogP contribution in [0.5, 0.6) is 5.75 Å². The molecule has 2 rings (SSSR count). The summed E-state index contributed by atoms with van der Waals surface area (Å²) in [5.74, 6) is 0.186. The van der Waals surface area contributed by atoms with Gasteiger partial charge in [0.1, 0.15) is 12.4 Å². The van der Waals surface area contributed by atoms with E-state index >= 15 is 0 Å². The van der Waals surface area contributed by atoms with Gasteiger partial charge in [-0.15, -0.1) is 0 Å². The summed E-state index contributed by atoms with van der Waals surface area (Å²) in [7, 11) is 0. The zero-order valence-electron chi connectivity index (χ0n) is 10.9. The molecule has 1 atom stereocenters. The van der Waals surface area contributed by atoms with E-state index in [9.17, 15) is 4.79 Å². The average Bonchev–Trinajstić information content (AvgIpc) is 2.46. The summed E-state index contributed by atoms with van der Waals surface area (Å²) in [6.07, 6.45) is 0. The lowest BCUT2D eigenvalue weighted by Crippen LogP contribution is -2.18. The topological polar surface area (TPSA) is 52.3 Å². The van der Waals surface area contributed by atoms with E-state index in [0.717, 1.165) is 16.9 Å². The molecule has 0 radical (unpaired) electrons. The van der Waals surface area contributed by atoms with Crippen molar-refractivity contribution in [1.82, 2.24) is 0 Å². The fraction of sp³-hybridized carbons (Fsp3) is 0.188. The van der Waals surface area contributed by atoms with E-state index in [0.29, 0.717) is 6.61 Å². The van der Waals surface area contributed by atoms with E-state index in [-0.39, 0.29) is 11.8 Å². The number of ether oxygens (including phenoxy) is 1. The molecule has 3 nitrogen and oxygen atoms in total. The predicted molar refractivity (Wildman–Crippen MR) is 74.8 cm³/mol. The Morgan fingerprint density at radius 3 is 2.32 bits per heavy atom. The van der Waals surface area contributed by atoms with Crippen LogP contribution < -0.4 is 10.5 Å². The smallest absolute Gasteiger partial charge is 0.224 e. The van der Waals surface area contributed by atoms with E-state index in [1.165, 1.54) is 0 Å². The Bertz CT molecular complexity index is 534. The van der Waals surface area contributed by atoms with E-state index in [1.807, 2.05) is 54.6 Å². The minimum Gasteiger partial charge on any atom is -0.489 e. The van der Waals surface area contributed by atoms with Gasteiger partial charge >= 0.3 is 0 Å². The molecule has 3 heteroatoms. The van der Waals surface area contributed by atoms with Crippen molar-refractivity contribution in [3.63, 3.8) is 0 Å². The van der Waals surface area contributed by atoms with Gasteiger partial charge < -0.3 is 10.5 Å². The first-order valence-corrected chi connectivity index (χ1v) is 6.23. The Morgan fingerprint density at radius 1 is 1.11 bits per heavy atom. The highest BCUT2D eigenvalue weighted by Gasteiger charge is 2.10. The summed E-state index contributed by atoms with van der Waals surface area (Å²) >= 11 is 0. The van der Waals surface area contributed by atoms with Crippen LogP contribution in [0.1, 0.15) is 24.0 Å². The standard InChI is InChI=1S/C16H17NO2/c1-12(16(17)18)14-7-9-15(10-8-14)19-11-13-5-3-2-4-6-13/h2-10,12H,11H2,1H3,(H2,17,18). The molecule has 0 fully saturated rings. The molecule has 0 aliphatic rings. The average molecular weight is 255 g/mol. The molecule has 0 heterocycles. The van der Waals surface area contributed by atoms with Crippen molar-refractivity contribution in [1.29, 1.82) is 0 Å². The second-order valence-electron chi connectivity index (χ2n) is 4.47. The fourth-order valence-electron chi connectivity index (χ4n) is 1.76.